The topological polar surface area (TPSA) is 72.7 Å². The molecule has 0 atom stereocenters. The molecule has 0 amide bonds. The van der Waals surface area contributed by atoms with E-state index in [0.29, 0.717) is 13.1 Å². The molecule has 0 fully saturated rings. The molecular weight excluding hydrogens is 298 g/mol. The second-order valence-electron chi connectivity index (χ2n) is 5.28. The highest BCUT2D eigenvalue weighted by Crippen LogP contribution is 2.38. The zero-order chi connectivity index (χ0) is 14.9. The molecule has 0 aliphatic heterocycles. The number of hydrogen-bond donors (Lipinski definition) is 1. The molecule has 3 aromatic rings. The van der Waals surface area contributed by atoms with Gasteiger partial charge in [-0.05, 0) is 30.9 Å². The van der Waals surface area contributed by atoms with Gasteiger partial charge >= 0.3 is 5.69 Å². The maximum absolute atomic E-state index is 11.6. The van der Waals surface area contributed by atoms with Crippen LogP contribution in [0.4, 0.5) is 5.82 Å². The average molecular weight is 313 g/mol. The second-order valence-corrected chi connectivity index (χ2v) is 6.37. The van der Waals surface area contributed by atoms with Gasteiger partial charge in [0.05, 0.1) is 5.39 Å². The van der Waals surface area contributed by atoms with Crippen LogP contribution in [0.3, 0.4) is 0 Å². The molecule has 0 bridgehead atoms. The van der Waals surface area contributed by atoms with Gasteiger partial charge in [0.2, 0.25) is 0 Å². The van der Waals surface area contributed by atoms with E-state index >= 15 is 0 Å². The summed E-state index contributed by atoms with van der Waals surface area (Å²) in [5.74, 6) is 0.876. The van der Waals surface area contributed by atoms with E-state index < -0.39 is 0 Å². The number of thiophene rings is 1. The number of anilines is 1. The van der Waals surface area contributed by atoms with Crippen molar-refractivity contribution in [3.05, 3.63) is 45.7 Å². The van der Waals surface area contributed by atoms with E-state index in [4.69, 9.17) is 0 Å². The van der Waals surface area contributed by atoms with Crippen LogP contribution >= 0.6 is 11.3 Å². The van der Waals surface area contributed by atoms with Crippen molar-refractivity contribution in [2.75, 3.05) is 11.9 Å². The van der Waals surface area contributed by atoms with E-state index in [1.54, 1.807) is 34.5 Å². The first kappa shape index (κ1) is 13.4. The molecule has 1 aliphatic carbocycles. The van der Waals surface area contributed by atoms with Crippen LogP contribution in [0.15, 0.2) is 29.6 Å². The van der Waals surface area contributed by atoms with Crippen LogP contribution in [-0.2, 0) is 19.4 Å². The van der Waals surface area contributed by atoms with E-state index in [-0.39, 0.29) is 5.69 Å². The highest BCUT2D eigenvalue weighted by molar-refractivity contribution is 7.19. The van der Waals surface area contributed by atoms with E-state index in [2.05, 4.69) is 20.3 Å². The summed E-state index contributed by atoms with van der Waals surface area (Å²) in [5.41, 5.74) is 1.18. The minimum atomic E-state index is -0.228. The Morgan fingerprint density at radius 2 is 2.23 bits per heavy atom. The number of rotatable bonds is 4. The highest BCUT2D eigenvalue weighted by atomic mass is 32.1. The molecule has 0 saturated carbocycles. The molecule has 7 heteroatoms. The molecule has 1 aliphatic rings. The molecule has 3 aromatic heterocycles. The predicted molar refractivity (Wildman–Crippen MR) is 86.4 cm³/mol. The van der Waals surface area contributed by atoms with Crippen molar-refractivity contribution < 1.29 is 0 Å². The van der Waals surface area contributed by atoms with Crippen molar-refractivity contribution in [3.8, 4) is 0 Å². The molecule has 0 aromatic carbocycles. The summed E-state index contributed by atoms with van der Waals surface area (Å²) < 4.78 is 1.59. The van der Waals surface area contributed by atoms with Gasteiger partial charge in [-0.15, -0.1) is 11.3 Å². The summed E-state index contributed by atoms with van der Waals surface area (Å²) in [6, 6.07) is 1.76. The van der Waals surface area contributed by atoms with Gasteiger partial charge in [0.25, 0.3) is 0 Å². The lowest BCUT2D eigenvalue weighted by molar-refractivity contribution is 0.673. The Labute approximate surface area is 130 Å². The first-order valence-electron chi connectivity index (χ1n) is 7.33. The second kappa shape index (κ2) is 5.49. The lowest BCUT2D eigenvalue weighted by atomic mass is 10.2. The minimum absolute atomic E-state index is 0.228. The fourth-order valence-electron chi connectivity index (χ4n) is 2.91. The molecule has 0 saturated heterocycles. The molecule has 112 valence electrons. The van der Waals surface area contributed by atoms with Crippen molar-refractivity contribution in [1.82, 2.24) is 19.5 Å². The molecule has 0 radical (unpaired) electrons. The van der Waals surface area contributed by atoms with Crippen molar-refractivity contribution in [3.63, 3.8) is 0 Å². The summed E-state index contributed by atoms with van der Waals surface area (Å²) >= 11 is 1.78. The smallest absolute Gasteiger partial charge is 0.347 e. The van der Waals surface area contributed by atoms with E-state index in [1.165, 1.54) is 28.4 Å². The number of aromatic nitrogens is 4. The Balaban J connectivity index is 1.57. The van der Waals surface area contributed by atoms with Gasteiger partial charge in [0.1, 0.15) is 17.0 Å². The van der Waals surface area contributed by atoms with Gasteiger partial charge in [-0.2, -0.15) is 0 Å². The van der Waals surface area contributed by atoms with Crippen LogP contribution in [0, 0.1) is 0 Å². The molecule has 6 nitrogen and oxygen atoms in total. The summed E-state index contributed by atoms with van der Waals surface area (Å²) in [5, 5.41) is 4.51. The number of nitrogens with zero attached hydrogens (tertiary/aromatic N) is 4. The third kappa shape index (κ3) is 2.27. The molecule has 1 N–H and O–H groups in total. The SMILES string of the molecule is O=c1ncccn1CCNc1ncnc2sc3c(c12)CCC3. The minimum Gasteiger partial charge on any atom is -0.368 e. The Morgan fingerprint density at radius 1 is 1.27 bits per heavy atom. The van der Waals surface area contributed by atoms with Crippen LogP contribution in [0.5, 0.6) is 0 Å². The van der Waals surface area contributed by atoms with E-state index in [0.717, 1.165) is 23.5 Å². The number of aryl methyl sites for hydroxylation is 2. The Kier molecular flexibility index (Phi) is 3.34. The number of fused-ring (bicyclic) bond motifs is 3. The Hall–Kier alpha value is -2.28. The summed E-state index contributed by atoms with van der Waals surface area (Å²) in [6.07, 6.45) is 8.34. The van der Waals surface area contributed by atoms with Crippen LogP contribution in [-0.4, -0.2) is 26.1 Å². The van der Waals surface area contributed by atoms with Crippen LogP contribution in [0.1, 0.15) is 16.9 Å². The third-order valence-corrected chi connectivity index (χ3v) is 5.13. The monoisotopic (exact) mass is 313 g/mol. The predicted octanol–water partition coefficient (Wildman–Crippen LogP) is 1.85. The van der Waals surface area contributed by atoms with Gasteiger partial charge in [-0.3, -0.25) is 4.57 Å². The van der Waals surface area contributed by atoms with Crippen molar-refractivity contribution in [2.45, 2.75) is 25.8 Å². The largest absolute Gasteiger partial charge is 0.368 e. The molecular formula is C15H15N5OS. The summed E-state index contributed by atoms with van der Waals surface area (Å²) in [6.45, 7) is 1.19. The van der Waals surface area contributed by atoms with Crippen molar-refractivity contribution in [1.29, 1.82) is 0 Å². The molecule has 22 heavy (non-hydrogen) atoms. The molecule has 0 spiro atoms. The maximum Gasteiger partial charge on any atom is 0.347 e. The van der Waals surface area contributed by atoms with Gasteiger partial charge in [-0.1, -0.05) is 0 Å². The number of nitrogens with one attached hydrogen (secondary N) is 1. The highest BCUT2D eigenvalue weighted by Gasteiger charge is 2.20. The fourth-order valence-corrected chi connectivity index (χ4v) is 4.14. The average Bonchev–Trinajstić information content (AvgIpc) is 3.10. The van der Waals surface area contributed by atoms with Crippen molar-refractivity contribution >= 4 is 27.4 Å². The van der Waals surface area contributed by atoms with Gasteiger partial charge in [0.15, 0.2) is 0 Å². The van der Waals surface area contributed by atoms with Crippen LogP contribution < -0.4 is 11.0 Å². The quantitative estimate of drug-likeness (QED) is 0.796. The summed E-state index contributed by atoms with van der Waals surface area (Å²) in [4.78, 5) is 26.6. The maximum atomic E-state index is 11.6. The zero-order valence-electron chi connectivity index (χ0n) is 12.0. The standard InChI is InChI=1S/C15H15N5OS/c21-15-17-5-2-7-20(15)8-6-16-13-12-10-3-1-4-11(10)22-14(12)19-9-18-13/h2,5,7,9H,1,3-4,6,8H2,(H,16,18,19). The number of hydrogen-bond acceptors (Lipinski definition) is 6. The van der Waals surface area contributed by atoms with E-state index in [1.807, 2.05) is 0 Å². The fraction of sp³-hybridized carbons (Fsp3) is 0.333. The molecule has 3 heterocycles. The normalized spacial score (nSPS) is 13.5. The lowest BCUT2D eigenvalue weighted by Gasteiger charge is -2.08. The first-order valence-corrected chi connectivity index (χ1v) is 8.15. The van der Waals surface area contributed by atoms with Gasteiger partial charge < -0.3 is 5.32 Å². The van der Waals surface area contributed by atoms with Crippen LogP contribution in [0.25, 0.3) is 10.2 Å². The Morgan fingerprint density at radius 3 is 3.14 bits per heavy atom. The zero-order valence-corrected chi connectivity index (χ0v) is 12.8. The lowest BCUT2D eigenvalue weighted by Crippen LogP contribution is -2.25. The van der Waals surface area contributed by atoms with Gasteiger partial charge in [-0.25, -0.2) is 19.7 Å². The Bertz CT molecular complexity index is 885. The summed E-state index contributed by atoms with van der Waals surface area (Å²) in [7, 11) is 0. The van der Waals surface area contributed by atoms with Gasteiger partial charge in [0, 0.05) is 30.4 Å². The first-order chi connectivity index (χ1) is 10.8. The van der Waals surface area contributed by atoms with E-state index in [9.17, 15) is 4.79 Å². The molecule has 0 unspecified atom stereocenters. The third-order valence-electron chi connectivity index (χ3n) is 3.93. The van der Waals surface area contributed by atoms with Crippen molar-refractivity contribution in [2.24, 2.45) is 0 Å². The molecule has 4 rings (SSSR count). The van der Waals surface area contributed by atoms with Crippen LogP contribution in [0.2, 0.25) is 0 Å².